The van der Waals surface area contributed by atoms with E-state index in [1.807, 2.05) is 0 Å². The molecule has 0 fully saturated rings. The zero-order valence-electron chi connectivity index (χ0n) is 32.8. The summed E-state index contributed by atoms with van der Waals surface area (Å²) in [5.41, 5.74) is 21.7. The van der Waals surface area contributed by atoms with E-state index in [4.69, 9.17) is 17.0 Å². The van der Waals surface area contributed by atoms with Crippen LogP contribution in [-0.4, -0.2) is 0 Å². The normalized spacial score (nSPS) is 17.5. The SMILES string of the molecule is CCC1=Cc2c(-c3cccc4ccccc34)c(C)c(C)c(C)c2[CH]1[Zr]([Cl])([Cl])([CH2]C)[CH]1C(CC)=Cc2c(-c3cccc4ccccc34)c(C)c(C)c(C)c21. The fraction of sp³-hybridized carbons (Fsp3) is 0.280. The summed E-state index contributed by atoms with van der Waals surface area (Å²) in [5.74, 6) is 0. The summed E-state index contributed by atoms with van der Waals surface area (Å²) in [7, 11) is 17.6. The van der Waals surface area contributed by atoms with Gasteiger partial charge in [-0.3, -0.25) is 0 Å². The second-order valence-electron chi connectivity index (χ2n) is 15.9. The molecular formula is C50H51Cl2Zr. The minimum absolute atomic E-state index is 0.0192. The van der Waals surface area contributed by atoms with Crippen LogP contribution in [-0.2, 0) is 16.4 Å². The summed E-state index contributed by atoms with van der Waals surface area (Å²) < 4.78 is 0.843. The molecule has 0 heterocycles. The molecule has 3 heteroatoms. The van der Waals surface area contributed by atoms with Gasteiger partial charge in [-0.05, 0) is 0 Å². The van der Waals surface area contributed by atoms with E-state index in [1.165, 1.54) is 111 Å². The standard InChI is InChI=1S/2C24H23.C2H5.2ClH.Zr/c2*1-5-18-13-22-16(3)15(2)17(4)24(23(22)14-18)21-12-8-10-19-9-6-7-11-20(19)21;1-2;;;/h2*6-14H,5H2,1-4H3;1H2,2H3;2*1H;/q;;;;;+2/p-2. The van der Waals surface area contributed by atoms with Gasteiger partial charge >= 0.3 is 328 Å². The summed E-state index contributed by atoms with van der Waals surface area (Å²) in [6.45, 7) is 20.9. The second-order valence-corrected chi connectivity index (χ2v) is 38.8. The van der Waals surface area contributed by atoms with Crippen LogP contribution in [0.3, 0.4) is 0 Å². The third-order valence-corrected chi connectivity index (χ3v) is 34.4. The van der Waals surface area contributed by atoms with Crippen molar-refractivity contribution in [2.24, 2.45) is 0 Å². The van der Waals surface area contributed by atoms with Crippen molar-refractivity contribution in [2.75, 3.05) is 0 Å². The van der Waals surface area contributed by atoms with Gasteiger partial charge in [-0.2, -0.15) is 0 Å². The van der Waals surface area contributed by atoms with E-state index in [1.54, 1.807) is 0 Å². The van der Waals surface area contributed by atoms with Crippen LogP contribution in [0, 0.1) is 41.5 Å². The molecule has 0 aromatic heterocycles. The third-order valence-electron chi connectivity index (χ3n) is 13.7. The summed E-state index contributed by atoms with van der Waals surface area (Å²) >= 11 is -5.05. The van der Waals surface area contributed by atoms with Crippen molar-refractivity contribution in [3.8, 4) is 22.3 Å². The summed E-state index contributed by atoms with van der Waals surface area (Å²) in [4.78, 5) is 0. The molecule has 0 N–H and O–H groups in total. The van der Waals surface area contributed by atoms with Crippen LogP contribution in [0.25, 0.3) is 56.0 Å². The van der Waals surface area contributed by atoms with Gasteiger partial charge in [-0.1, -0.05) is 0 Å². The molecular weight excluding hydrogens is 763 g/mol. The van der Waals surface area contributed by atoms with Crippen LogP contribution in [0.15, 0.2) is 96.1 Å². The number of benzene rings is 6. The first-order chi connectivity index (χ1) is 25.4. The number of hydrogen-bond acceptors (Lipinski definition) is 0. The van der Waals surface area contributed by atoms with Crippen molar-refractivity contribution in [1.82, 2.24) is 0 Å². The van der Waals surface area contributed by atoms with Gasteiger partial charge in [0.2, 0.25) is 0 Å². The monoisotopic (exact) mass is 811 g/mol. The van der Waals surface area contributed by atoms with E-state index >= 15 is 0 Å². The fourth-order valence-electron chi connectivity index (χ4n) is 10.5. The Morgan fingerprint density at radius 1 is 0.472 bits per heavy atom. The molecule has 0 spiro atoms. The van der Waals surface area contributed by atoms with Crippen LogP contribution in [0.2, 0.25) is 4.13 Å². The Morgan fingerprint density at radius 2 is 0.849 bits per heavy atom. The molecule has 269 valence electrons. The molecule has 0 saturated carbocycles. The number of rotatable bonds is 7. The van der Waals surface area contributed by atoms with Crippen LogP contribution < -0.4 is 0 Å². The first-order valence-electron chi connectivity index (χ1n) is 19.6. The van der Waals surface area contributed by atoms with E-state index in [-0.39, 0.29) is 7.25 Å². The Labute approximate surface area is 325 Å². The molecule has 6 aromatic rings. The topological polar surface area (TPSA) is 0 Å². The molecule has 0 amide bonds. The Bertz CT molecular complexity index is 2400. The number of fused-ring (bicyclic) bond motifs is 4. The molecule has 0 aliphatic heterocycles. The zero-order chi connectivity index (χ0) is 37.6. The molecule has 0 bridgehead atoms. The van der Waals surface area contributed by atoms with Gasteiger partial charge in [0.15, 0.2) is 0 Å². The van der Waals surface area contributed by atoms with E-state index in [2.05, 4.69) is 159 Å². The Hall–Kier alpha value is -3.22. The summed E-state index contributed by atoms with van der Waals surface area (Å²) in [6, 6.07) is 31.1. The van der Waals surface area contributed by atoms with E-state index in [0.717, 1.165) is 17.0 Å². The molecule has 2 atom stereocenters. The number of halogens is 2. The van der Waals surface area contributed by atoms with Crippen molar-refractivity contribution in [3.05, 3.63) is 152 Å². The van der Waals surface area contributed by atoms with Gasteiger partial charge in [-0.15, -0.1) is 0 Å². The third kappa shape index (κ3) is 5.24. The predicted octanol–water partition coefficient (Wildman–Crippen LogP) is 16.0. The molecule has 6 aromatic carbocycles. The van der Waals surface area contributed by atoms with E-state index < -0.39 is 16.4 Å². The van der Waals surface area contributed by atoms with E-state index in [0.29, 0.717) is 0 Å². The van der Waals surface area contributed by atoms with Gasteiger partial charge in [0, 0.05) is 0 Å². The number of allylic oxidation sites excluding steroid dienone is 2. The van der Waals surface area contributed by atoms with Gasteiger partial charge in [0.05, 0.1) is 0 Å². The quantitative estimate of drug-likeness (QED) is 0.151. The predicted molar refractivity (Wildman–Crippen MR) is 231 cm³/mol. The Kier molecular flexibility index (Phi) is 9.17. The number of hydrogen-bond donors (Lipinski definition) is 0. The van der Waals surface area contributed by atoms with Crippen molar-refractivity contribution in [2.45, 2.75) is 86.5 Å². The molecule has 8 rings (SSSR count). The molecule has 53 heavy (non-hydrogen) atoms. The average molecular weight is 814 g/mol. The van der Waals surface area contributed by atoms with E-state index in [9.17, 15) is 0 Å². The Balaban J connectivity index is 1.43. The Morgan fingerprint density at radius 3 is 1.23 bits per heavy atom. The average Bonchev–Trinajstić information content (AvgIpc) is 3.78. The minimum atomic E-state index is -5.05. The molecule has 0 saturated heterocycles. The first kappa shape index (κ1) is 36.7. The summed E-state index contributed by atoms with van der Waals surface area (Å²) in [5, 5.41) is 5.11. The fourth-order valence-corrected chi connectivity index (χ4v) is 29.1. The van der Waals surface area contributed by atoms with Crippen molar-refractivity contribution >= 4 is 50.7 Å². The van der Waals surface area contributed by atoms with Crippen molar-refractivity contribution in [1.29, 1.82) is 0 Å². The second kappa shape index (κ2) is 13.2. The van der Waals surface area contributed by atoms with Crippen LogP contribution >= 0.6 is 17.0 Å². The van der Waals surface area contributed by atoms with Crippen molar-refractivity contribution < 1.29 is 16.4 Å². The van der Waals surface area contributed by atoms with Gasteiger partial charge < -0.3 is 0 Å². The van der Waals surface area contributed by atoms with Crippen molar-refractivity contribution in [3.63, 3.8) is 0 Å². The maximum absolute atomic E-state index is 8.80. The zero-order valence-corrected chi connectivity index (χ0v) is 36.7. The van der Waals surface area contributed by atoms with Gasteiger partial charge in [-0.25, -0.2) is 0 Å². The van der Waals surface area contributed by atoms with Gasteiger partial charge in [0.25, 0.3) is 0 Å². The molecule has 0 nitrogen and oxygen atoms in total. The molecule has 2 unspecified atom stereocenters. The molecule has 2 aliphatic rings. The maximum atomic E-state index is 8.80. The molecule has 2 aliphatic carbocycles. The summed E-state index contributed by atoms with van der Waals surface area (Å²) in [6.07, 6.45) is 6.88. The van der Waals surface area contributed by atoms with Crippen LogP contribution in [0.1, 0.15) is 96.5 Å². The van der Waals surface area contributed by atoms with Crippen LogP contribution in [0.4, 0.5) is 0 Å². The van der Waals surface area contributed by atoms with Crippen LogP contribution in [0.5, 0.6) is 0 Å². The molecule has 0 radical (unpaired) electrons. The van der Waals surface area contributed by atoms with Gasteiger partial charge in [0.1, 0.15) is 0 Å². The first-order valence-corrected chi connectivity index (χ1v) is 30.5.